The number of carbonyl (C=O) groups excluding carboxylic acids is 1. The Hall–Kier alpha value is -1.86. The normalized spacial score (nSPS) is 22.5. The summed E-state index contributed by atoms with van der Waals surface area (Å²) in [6, 6.07) is 8.93. The van der Waals surface area contributed by atoms with Gasteiger partial charge in [0.25, 0.3) is 0 Å². The number of rotatable bonds is 3. The molecule has 1 aliphatic rings. The van der Waals surface area contributed by atoms with Gasteiger partial charge in [0.1, 0.15) is 0 Å². The van der Waals surface area contributed by atoms with E-state index in [1.165, 1.54) is 0 Å². The van der Waals surface area contributed by atoms with Crippen LogP contribution in [0.15, 0.2) is 24.3 Å². The highest BCUT2D eigenvalue weighted by molar-refractivity contribution is 5.92. The molecule has 100 valence electrons. The summed E-state index contributed by atoms with van der Waals surface area (Å²) in [4.78, 5) is 12.2. The maximum absolute atomic E-state index is 12.2. The summed E-state index contributed by atoms with van der Waals surface area (Å²) in [5, 5.41) is 21.0. The minimum absolute atomic E-state index is 0.0474. The van der Waals surface area contributed by atoms with Crippen LogP contribution in [0.2, 0.25) is 0 Å². The molecular formula is C15H18N2O2. The van der Waals surface area contributed by atoms with Crippen LogP contribution >= 0.6 is 0 Å². The first-order chi connectivity index (χ1) is 9.24. The standard InChI is InChI=1S/C15H18N2O2/c16-9-11-4-3-6-13(8-11)17-15(19)14-7-2-1-5-12(14)10-18/h3-4,6,8,12,14,18H,1-2,5,7,10H2,(H,17,19). The number of benzene rings is 1. The predicted molar refractivity (Wildman–Crippen MR) is 72.3 cm³/mol. The Morgan fingerprint density at radius 2 is 2.21 bits per heavy atom. The van der Waals surface area contributed by atoms with E-state index in [-0.39, 0.29) is 24.3 Å². The summed E-state index contributed by atoms with van der Waals surface area (Å²) < 4.78 is 0. The van der Waals surface area contributed by atoms with Gasteiger partial charge in [0, 0.05) is 18.2 Å². The van der Waals surface area contributed by atoms with Gasteiger partial charge in [-0.25, -0.2) is 0 Å². The van der Waals surface area contributed by atoms with Crippen molar-refractivity contribution in [2.24, 2.45) is 11.8 Å². The number of nitrogens with one attached hydrogen (secondary N) is 1. The summed E-state index contributed by atoms with van der Waals surface area (Å²) in [6.45, 7) is 0.0658. The van der Waals surface area contributed by atoms with Crippen LogP contribution in [0, 0.1) is 23.2 Å². The van der Waals surface area contributed by atoms with Crippen LogP contribution < -0.4 is 5.32 Å². The number of amides is 1. The van der Waals surface area contributed by atoms with Gasteiger partial charge in [-0.2, -0.15) is 5.26 Å². The van der Waals surface area contributed by atoms with Crippen molar-refractivity contribution in [3.05, 3.63) is 29.8 Å². The van der Waals surface area contributed by atoms with Gasteiger partial charge in [0.05, 0.1) is 11.6 Å². The van der Waals surface area contributed by atoms with Crippen molar-refractivity contribution in [1.82, 2.24) is 0 Å². The highest BCUT2D eigenvalue weighted by Crippen LogP contribution is 2.30. The molecule has 2 N–H and O–H groups in total. The maximum atomic E-state index is 12.2. The van der Waals surface area contributed by atoms with Crippen molar-refractivity contribution < 1.29 is 9.90 Å². The number of hydrogen-bond donors (Lipinski definition) is 2. The third kappa shape index (κ3) is 3.33. The molecular weight excluding hydrogens is 240 g/mol. The van der Waals surface area contributed by atoms with E-state index in [0.29, 0.717) is 11.3 Å². The number of carbonyl (C=O) groups is 1. The molecule has 2 atom stereocenters. The molecule has 0 aliphatic heterocycles. The molecule has 1 aromatic rings. The fraction of sp³-hybridized carbons (Fsp3) is 0.467. The number of aliphatic hydroxyl groups is 1. The Morgan fingerprint density at radius 1 is 1.42 bits per heavy atom. The van der Waals surface area contributed by atoms with Crippen LogP contribution in [0.25, 0.3) is 0 Å². The first-order valence-electron chi connectivity index (χ1n) is 6.66. The molecule has 2 unspecified atom stereocenters. The maximum Gasteiger partial charge on any atom is 0.227 e. The molecule has 0 spiro atoms. The molecule has 0 radical (unpaired) electrons. The topological polar surface area (TPSA) is 73.1 Å². The SMILES string of the molecule is N#Cc1cccc(NC(=O)C2CCCCC2CO)c1. The van der Waals surface area contributed by atoms with Gasteiger partial charge >= 0.3 is 0 Å². The van der Waals surface area contributed by atoms with Gasteiger partial charge in [0.15, 0.2) is 0 Å². The minimum atomic E-state index is -0.121. The summed E-state index contributed by atoms with van der Waals surface area (Å²) in [5.74, 6) is -0.105. The number of hydrogen-bond acceptors (Lipinski definition) is 3. The van der Waals surface area contributed by atoms with Gasteiger partial charge in [-0.1, -0.05) is 18.9 Å². The second-order valence-electron chi connectivity index (χ2n) is 5.02. The van der Waals surface area contributed by atoms with E-state index >= 15 is 0 Å². The van der Waals surface area contributed by atoms with Crippen molar-refractivity contribution in [1.29, 1.82) is 5.26 Å². The molecule has 1 saturated carbocycles. The molecule has 4 heteroatoms. The molecule has 1 fully saturated rings. The number of aliphatic hydroxyl groups excluding tert-OH is 1. The van der Waals surface area contributed by atoms with E-state index in [4.69, 9.17) is 5.26 Å². The highest BCUT2D eigenvalue weighted by atomic mass is 16.3. The van der Waals surface area contributed by atoms with Gasteiger partial charge in [-0.05, 0) is 37.0 Å². The second-order valence-corrected chi connectivity index (χ2v) is 5.02. The van der Waals surface area contributed by atoms with Gasteiger partial charge in [-0.3, -0.25) is 4.79 Å². The van der Waals surface area contributed by atoms with E-state index in [1.807, 2.05) is 6.07 Å². The minimum Gasteiger partial charge on any atom is -0.396 e. The van der Waals surface area contributed by atoms with Crippen molar-refractivity contribution in [2.45, 2.75) is 25.7 Å². The monoisotopic (exact) mass is 258 g/mol. The Labute approximate surface area is 113 Å². The molecule has 0 heterocycles. The first kappa shape index (κ1) is 13.6. The fourth-order valence-electron chi connectivity index (χ4n) is 2.67. The van der Waals surface area contributed by atoms with Crippen LogP contribution in [0.1, 0.15) is 31.2 Å². The molecule has 2 rings (SSSR count). The molecule has 0 bridgehead atoms. The van der Waals surface area contributed by atoms with Crippen molar-refractivity contribution in [3.8, 4) is 6.07 Å². The average molecular weight is 258 g/mol. The average Bonchev–Trinajstić information content (AvgIpc) is 2.47. The summed E-state index contributed by atoms with van der Waals surface area (Å²) in [6.07, 6.45) is 3.85. The fourth-order valence-corrected chi connectivity index (χ4v) is 2.67. The van der Waals surface area contributed by atoms with E-state index in [0.717, 1.165) is 25.7 Å². The van der Waals surface area contributed by atoms with Crippen LogP contribution in [0.3, 0.4) is 0 Å². The Morgan fingerprint density at radius 3 is 2.95 bits per heavy atom. The van der Waals surface area contributed by atoms with E-state index in [1.54, 1.807) is 24.3 Å². The third-order valence-electron chi connectivity index (χ3n) is 3.74. The van der Waals surface area contributed by atoms with Crippen LogP contribution in [-0.4, -0.2) is 17.6 Å². The largest absolute Gasteiger partial charge is 0.396 e. The first-order valence-corrected chi connectivity index (χ1v) is 6.66. The Bertz CT molecular complexity index is 493. The lowest BCUT2D eigenvalue weighted by Gasteiger charge is -2.29. The lowest BCUT2D eigenvalue weighted by atomic mass is 9.79. The van der Waals surface area contributed by atoms with E-state index in [2.05, 4.69) is 5.32 Å². The summed E-state index contributed by atoms with van der Waals surface area (Å²) in [7, 11) is 0. The number of anilines is 1. The van der Waals surface area contributed by atoms with Gasteiger partial charge in [0.2, 0.25) is 5.91 Å². The molecule has 0 saturated heterocycles. The number of nitrogens with zero attached hydrogens (tertiary/aromatic N) is 1. The third-order valence-corrected chi connectivity index (χ3v) is 3.74. The van der Waals surface area contributed by atoms with Crippen LogP contribution in [-0.2, 0) is 4.79 Å². The number of nitriles is 1. The van der Waals surface area contributed by atoms with E-state index < -0.39 is 0 Å². The van der Waals surface area contributed by atoms with Gasteiger partial charge < -0.3 is 10.4 Å². The predicted octanol–water partition coefficient (Wildman–Crippen LogP) is 2.30. The quantitative estimate of drug-likeness (QED) is 0.873. The Kier molecular flexibility index (Phi) is 4.53. The summed E-state index contributed by atoms with van der Waals surface area (Å²) >= 11 is 0. The zero-order valence-corrected chi connectivity index (χ0v) is 10.8. The molecule has 19 heavy (non-hydrogen) atoms. The van der Waals surface area contributed by atoms with Crippen molar-refractivity contribution >= 4 is 11.6 Å². The van der Waals surface area contributed by atoms with Crippen molar-refractivity contribution in [3.63, 3.8) is 0 Å². The van der Waals surface area contributed by atoms with Crippen LogP contribution in [0.4, 0.5) is 5.69 Å². The zero-order chi connectivity index (χ0) is 13.7. The van der Waals surface area contributed by atoms with Crippen LogP contribution in [0.5, 0.6) is 0 Å². The molecule has 1 amide bonds. The molecule has 1 aromatic carbocycles. The summed E-state index contributed by atoms with van der Waals surface area (Å²) in [5.41, 5.74) is 1.17. The molecule has 0 aromatic heterocycles. The van der Waals surface area contributed by atoms with Gasteiger partial charge in [-0.15, -0.1) is 0 Å². The zero-order valence-electron chi connectivity index (χ0n) is 10.8. The molecule has 1 aliphatic carbocycles. The molecule has 4 nitrogen and oxygen atoms in total. The van der Waals surface area contributed by atoms with E-state index in [9.17, 15) is 9.90 Å². The smallest absolute Gasteiger partial charge is 0.227 e. The second kappa shape index (κ2) is 6.35. The lowest BCUT2D eigenvalue weighted by Crippen LogP contribution is -2.33. The Balaban J connectivity index is 2.05. The lowest BCUT2D eigenvalue weighted by molar-refractivity contribution is -0.123. The van der Waals surface area contributed by atoms with Crippen molar-refractivity contribution in [2.75, 3.05) is 11.9 Å². The highest BCUT2D eigenvalue weighted by Gasteiger charge is 2.30.